The zero-order chi connectivity index (χ0) is 27.9. The third kappa shape index (κ3) is 6.72. The summed E-state index contributed by atoms with van der Waals surface area (Å²) in [6.07, 6.45) is 0.793. The molecule has 2 amide bonds. The molecule has 202 valence electrons. The van der Waals surface area contributed by atoms with Gasteiger partial charge in [0.25, 0.3) is 5.91 Å². The van der Waals surface area contributed by atoms with E-state index in [4.69, 9.17) is 4.74 Å². The molecule has 0 aliphatic carbocycles. The van der Waals surface area contributed by atoms with E-state index in [2.05, 4.69) is 33.7 Å². The monoisotopic (exact) mass is 568 g/mol. The highest BCUT2D eigenvalue weighted by Crippen LogP contribution is 2.37. The fourth-order valence-corrected chi connectivity index (χ4v) is 6.57. The SMILES string of the molecule is COc1ccc(C(=O)Nc2cccc(SCC(=O)Nc3sc4c(c3C#N)CCN(Cc3ccccc3)C4)c2)cc1. The van der Waals surface area contributed by atoms with Crippen LogP contribution in [-0.4, -0.2) is 36.1 Å². The first-order valence-electron chi connectivity index (χ1n) is 12.8. The number of anilines is 2. The molecule has 1 aromatic heterocycles. The minimum atomic E-state index is -0.226. The lowest BCUT2D eigenvalue weighted by Gasteiger charge is -2.26. The quantitative estimate of drug-likeness (QED) is 0.235. The highest BCUT2D eigenvalue weighted by Gasteiger charge is 2.25. The summed E-state index contributed by atoms with van der Waals surface area (Å²) in [5.41, 5.74) is 4.07. The molecule has 5 rings (SSSR count). The number of nitrogens with zero attached hydrogens (tertiary/aromatic N) is 2. The van der Waals surface area contributed by atoms with E-state index in [1.54, 1.807) is 31.4 Å². The number of hydrogen-bond acceptors (Lipinski definition) is 7. The fraction of sp³-hybridized carbons (Fsp3) is 0.194. The van der Waals surface area contributed by atoms with Gasteiger partial charge < -0.3 is 15.4 Å². The van der Waals surface area contributed by atoms with Gasteiger partial charge in [0.1, 0.15) is 16.8 Å². The van der Waals surface area contributed by atoms with Crippen LogP contribution in [0.15, 0.2) is 83.8 Å². The molecule has 2 N–H and O–H groups in total. The van der Waals surface area contributed by atoms with Gasteiger partial charge in [0.15, 0.2) is 0 Å². The minimum absolute atomic E-state index is 0.172. The summed E-state index contributed by atoms with van der Waals surface area (Å²) in [5, 5.41) is 16.3. The van der Waals surface area contributed by atoms with Gasteiger partial charge in [0, 0.05) is 40.7 Å². The Kier molecular flexibility index (Phi) is 8.81. The molecule has 3 aromatic carbocycles. The van der Waals surface area contributed by atoms with Crippen LogP contribution in [0.2, 0.25) is 0 Å². The highest BCUT2D eigenvalue weighted by molar-refractivity contribution is 8.00. The lowest BCUT2D eigenvalue weighted by atomic mass is 10.0. The summed E-state index contributed by atoms with van der Waals surface area (Å²) in [6.45, 7) is 2.50. The molecule has 0 bridgehead atoms. The molecule has 0 unspecified atom stereocenters. The van der Waals surface area contributed by atoms with Gasteiger partial charge >= 0.3 is 0 Å². The molecule has 7 nitrogen and oxygen atoms in total. The molecular formula is C31H28N4O3S2. The Morgan fingerprint density at radius 1 is 1.05 bits per heavy atom. The number of carbonyl (C=O) groups is 2. The average molecular weight is 569 g/mol. The smallest absolute Gasteiger partial charge is 0.255 e. The van der Waals surface area contributed by atoms with E-state index in [1.165, 1.54) is 28.7 Å². The molecule has 40 heavy (non-hydrogen) atoms. The molecule has 1 aliphatic heterocycles. The van der Waals surface area contributed by atoms with Crippen LogP contribution in [-0.2, 0) is 24.3 Å². The Morgan fingerprint density at radius 2 is 1.85 bits per heavy atom. The van der Waals surface area contributed by atoms with Crippen molar-refractivity contribution in [1.82, 2.24) is 4.90 Å². The maximum absolute atomic E-state index is 12.8. The molecule has 1 aliphatic rings. The first-order valence-corrected chi connectivity index (χ1v) is 14.6. The third-order valence-electron chi connectivity index (χ3n) is 6.56. The first-order chi connectivity index (χ1) is 19.5. The molecule has 0 saturated carbocycles. The second-order valence-electron chi connectivity index (χ2n) is 9.31. The number of hydrogen-bond donors (Lipinski definition) is 2. The van der Waals surface area contributed by atoms with Crippen molar-refractivity contribution in [3.63, 3.8) is 0 Å². The number of methoxy groups -OCH3 is 1. The summed E-state index contributed by atoms with van der Waals surface area (Å²) in [7, 11) is 1.58. The van der Waals surface area contributed by atoms with Crippen LogP contribution < -0.4 is 15.4 Å². The van der Waals surface area contributed by atoms with Crippen LogP contribution in [0.1, 0.15) is 31.9 Å². The number of nitriles is 1. The van der Waals surface area contributed by atoms with E-state index < -0.39 is 0 Å². The number of benzene rings is 3. The van der Waals surface area contributed by atoms with Crippen LogP contribution in [0.4, 0.5) is 10.7 Å². The number of ether oxygens (including phenoxy) is 1. The zero-order valence-electron chi connectivity index (χ0n) is 22.0. The lowest BCUT2D eigenvalue weighted by Crippen LogP contribution is -2.29. The molecule has 9 heteroatoms. The topological polar surface area (TPSA) is 94.5 Å². The second-order valence-corrected chi connectivity index (χ2v) is 11.5. The van der Waals surface area contributed by atoms with Gasteiger partial charge in [-0.25, -0.2) is 0 Å². The van der Waals surface area contributed by atoms with Crippen LogP contribution >= 0.6 is 23.1 Å². The molecule has 2 heterocycles. The van der Waals surface area contributed by atoms with Crippen molar-refractivity contribution in [3.05, 3.63) is 106 Å². The van der Waals surface area contributed by atoms with E-state index in [1.807, 2.05) is 42.5 Å². The van der Waals surface area contributed by atoms with E-state index in [0.717, 1.165) is 41.4 Å². The largest absolute Gasteiger partial charge is 0.497 e. The Hall–Kier alpha value is -4.10. The predicted molar refractivity (Wildman–Crippen MR) is 160 cm³/mol. The van der Waals surface area contributed by atoms with Crippen molar-refractivity contribution < 1.29 is 14.3 Å². The van der Waals surface area contributed by atoms with Gasteiger partial charge in [0.05, 0.1) is 18.4 Å². The summed E-state index contributed by atoms with van der Waals surface area (Å²) in [6, 6.07) is 26.9. The van der Waals surface area contributed by atoms with Gasteiger partial charge in [0.2, 0.25) is 5.91 Å². The number of nitrogens with one attached hydrogen (secondary N) is 2. The minimum Gasteiger partial charge on any atom is -0.497 e. The van der Waals surface area contributed by atoms with Crippen molar-refractivity contribution in [3.8, 4) is 11.8 Å². The van der Waals surface area contributed by atoms with Gasteiger partial charge in [-0.1, -0.05) is 36.4 Å². The molecule has 0 radical (unpaired) electrons. The summed E-state index contributed by atoms with van der Waals surface area (Å²) in [5.74, 6) is 0.469. The number of thiophene rings is 1. The summed E-state index contributed by atoms with van der Waals surface area (Å²) in [4.78, 5) is 29.8. The van der Waals surface area contributed by atoms with E-state index in [9.17, 15) is 14.9 Å². The standard InChI is InChI=1S/C31H28N4O3S2/c1-38-24-12-10-22(11-13-24)30(37)33-23-8-5-9-25(16-23)39-20-29(36)34-31-27(17-32)26-14-15-35(19-28(26)40-31)18-21-6-3-2-4-7-21/h2-13,16H,14-15,18-20H2,1H3,(H,33,37)(H,34,36). The Morgan fingerprint density at radius 3 is 2.60 bits per heavy atom. The molecule has 4 aromatic rings. The number of thioether (sulfide) groups is 1. The molecule has 0 saturated heterocycles. The molecule has 0 atom stereocenters. The first kappa shape index (κ1) is 27.5. The summed E-state index contributed by atoms with van der Waals surface area (Å²) < 4.78 is 5.14. The second kappa shape index (κ2) is 12.8. The zero-order valence-corrected chi connectivity index (χ0v) is 23.6. The van der Waals surface area contributed by atoms with Crippen molar-refractivity contribution >= 4 is 45.6 Å². The number of amides is 2. The number of carbonyl (C=O) groups excluding carboxylic acids is 2. The van der Waals surface area contributed by atoms with Crippen molar-refractivity contribution in [2.75, 3.05) is 30.0 Å². The highest BCUT2D eigenvalue weighted by atomic mass is 32.2. The Bertz CT molecular complexity index is 1550. The average Bonchev–Trinajstić information content (AvgIpc) is 3.32. The fourth-order valence-electron chi connectivity index (χ4n) is 4.56. The third-order valence-corrected chi connectivity index (χ3v) is 8.69. The van der Waals surface area contributed by atoms with Gasteiger partial charge in [-0.15, -0.1) is 23.1 Å². The lowest BCUT2D eigenvalue weighted by molar-refractivity contribution is -0.113. The van der Waals surface area contributed by atoms with Crippen molar-refractivity contribution in [1.29, 1.82) is 5.26 Å². The van der Waals surface area contributed by atoms with Gasteiger partial charge in [-0.05, 0) is 60.0 Å². The molecule has 0 spiro atoms. The number of fused-ring (bicyclic) bond motifs is 1. The van der Waals surface area contributed by atoms with E-state index >= 15 is 0 Å². The number of rotatable bonds is 9. The van der Waals surface area contributed by atoms with E-state index in [-0.39, 0.29) is 17.6 Å². The summed E-state index contributed by atoms with van der Waals surface area (Å²) >= 11 is 2.87. The predicted octanol–water partition coefficient (Wildman–Crippen LogP) is 6.17. The Balaban J connectivity index is 1.17. The maximum atomic E-state index is 12.8. The van der Waals surface area contributed by atoms with Crippen LogP contribution in [0.3, 0.4) is 0 Å². The van der Waals surface area contributed by atoms with Gasteiger partial charge in [-0.2, -0.15) is 5.26 Å². The maximum Gasteiger partial charge on any atom is 0.255 e. The normalized spacial score (nSPS) is 12.7. The van der Waals surface area contributed by atoms with Crippen molar-refractivity contribution in [2.45, 2.75) is 24.4 Å². The molecule has 0 fully saturated rings. The van der Waals surface area contributed by atoms with E-state index in [0.29, 0.717) is 27.6 Å². The van der Waals surface area contributed by atoms with Crippen LogP contribution in [0.5, 0.6) is 5.75 Å². The van der Waals surface area contributed by atoms with Crippen molar-refractivity contribution in [2.24, 2.45) is 0 Å². The Labute approximate surface area is 241 Å². The van der Waals surface area contributed by atoms with Gasteiger partial charge in [-0.3, -0.25) is 14.5 Å². The molecular weight excluding hydrogens is 541 g/mol. The van der Waals surface area contributed by atoms with Crippen LogP contribution in [0, 0.1) is 11.3 Å². The van der Waals surface area contributed by atoms with Crippen LogP contribution in [0.25, 0.3) is 0 Å².